The zero-order chi connectivity index (χ0) is 42.1. The first kappa shape index (κ1) is 43.8. The van der Waals surface area contributed by atoms with Gasteiger partial charge in [-0.25, -0.2) is 14.4 Å². The van der Waals surface area contributed by atoms with Crippen molar-refractivity contribution in [2.45, 2.75) is 70.3 Å². The number of hydrogen-bond donors (Lipinski definition) is 0. The van der Waals surface area contributed by atoms with E-state index < -0.39 is 41.7 Å². The van der Waals surface area contributed by atoms with Gasteiger partial charge in [-0.2, -0.15) is 0 Å². The first-order valence-electron chi connectivity index (χ1n) is 20.0. The van der Waals surface area contributed by atoms with Crippen molar-refractivity contribution in [3.8, 4) is 11.5 Å². The Morgan fingerprint density at radius 2 is 1.05 bits per heavy atom. The number of imide groups is 1. The highest BCUT2D eigenvalue weighted by Crippen LogP contribution is 2.30. The molecule has 4 aromatic rings. The number of hydrogen-bond acceptors (Lipinski definition) is 11. The maximum atomic E-state index is 13.4. The number of ether oxygens (including phenoxy) is 5. The average Bonchev–Trinajstić information content (AvgIpc) is 3.45. The summed E-state index contributed by atoms with van der Waals surface area (Å²) in [5, 5.41) is 3.37. The van der Waals surface area contributed by atoms with Gasteiger partial charge in [-0.1, -0.05) is 43.5 Å². The third kappa shape index (κ3) is 12.6. The van der Waals surface area contributed by atoms with Gasteiger partial charge in [0.2, 0.25) is 5.91 Å². The predicted octanol–water partition coefficient (Wildman–Crippen LogP) is 8.13. The van der Waals surface area contributed by atoms with Crippen LogP contribution in [0, 0.1) is 5.92 Å². The van der Waals surface area contributed by atoms with Crippen molar-refractivity contribution in [3.63, 3.8) is 0 Å². The minimum absolute atomic E-state index is 0.0252. The van der Waals surface area contributed by atoms with E-state index in [0.29, 0.717) is 37.7 Å². The minimum Gasteiger partial charge on any atom is -0.494 e. The molecule has 1 heterocycles. The van der Waals surface area contributed by atoms with E-state index in [9.17, 15) is 28.8 Å². The molecule has 1 aliphatic rings. The quantitative estimate of drug-likeness (QED) is 0.0169. The average molecular weight is 806 g/mol. The summed E-state index contributed by atoms with van der Waals surface area (Å²) < 4.78 is 27.5. The molecule has 4 aromatic carbocycles. The molecular weight excluding hydrogens is 755 g/mol. The van der Waals surface area contributed by atoms with Crippen LogP contribution in [0.4, 0.5) is 0 Å². The number of ketones is 1. The molecule has 5 rings (SSSR count). The molecule has 59 heavy (non-hydrogen) atoms. The highest BCUT2D eigenvalue weighted by Gasteiger charge is 2.48. The summed E-state index contributed by atoms with van der Waals surface area (Å²) in [5.74, 6) is -2.49. The maximum Gasteiger partial charge on any atom is 0.338 e. The van der Waals surface area contributed by atoms with Crippen LogP contribution in [0.25, 0.3) is 21.5 Å². The number of amides is 2. The fraction of sp³-hybridized carbons (Fsp3) is 0.362. The molecule has 12 nitrogen and oxygen atoms in total. The number of fused-ring (bicyclic) bond motifs is 2. The molecule has 0 aromatic heterocycles. The Kier molecular flexibility index (Phi) is 16.3. The maximum absolute atomic E-state index is 13.4. The number of Topliss-reactive ketones (excluding diaryl/α,β-unsaturated/α-hetero) is 1. The fourth-order valence-electron chi connectivity index (χ4n) is 6.76. The van der Waals surface area contributed by atoms with Gasteiger partial charge in [-0.15, -0.1) is 0 Å². The second-order valence-corrected chi connectivity index (χ2v) is 14.3. The van der Waals surface area contributed by atoms with Crippen molar-refractivity contribution < 1.29 is 52.5 Å². The van der Waals surface area contributed by atoms with E-state index in [1.165, 1.54) is 7.05 Å². The summed E-state index contributed by atoms with van der Waals surface area (Å²) in [6, 6.07) is 21.6. The van der Waals surface area contributed by atoms with Crippen LogP contribution in [-0.2, 0) is 33.4 Å². The summed E-state index contributed by atoms with van der Waals surface area (Å²) in [5.41, 5.74) is 0.689. The lowest BCUT2D eigenvalue weighted by Gasteiger charge is -2.16. The van der Waals surface area contributed by atoms with Crippen LogP contribution in [0.2, 0.25) is 0 Å². The molecule has 1 aliphatic heterocycles. The molecule has 1 saturated heterocycles. The van der Waals surface area contributed by atoms with Gasteiger partial charge in [-0.3, -0.25) is 19.3 Å². The Morgan fingerprint density at radius 3 is 1.58 bits per heavy atom. The predicted molar refractivity (Wildman–Crippen MR) is 222 cm³/mol. The van der Waals surface area contributed by atoms with E-state index in [0.717, 1.165) is 95.7 Å². The Balaban J connectivity index is 1.09. The highest BCUT2D eigenvalue weighted by molar-refractivity contribution is 6.08. The van der Waals surface area contributed by atoms with Crippen LogP contribution in [0.1, 0.15) is 84.9 Å². The number of likely N-dealkylation sites (tertiary alicyclic amines) is 1. The standard InChI is InChI=1S/C47H51NO11/c1-4-42(50)57-26-12-8-6-10-24-55-38-20-18-32-28-36(16-14-34(32)30-38)41(49)23-22-40-44(46(53)48(3)45(40)52)59-47(54)37-17-15-35-31-39(21-19-33(35)29-37)56-25-11-7-9-13-27-58-43(51)5-2/h4-5,14-21,28-31,40,44H,1-2,6-13,22-27H2,3H3/t40?,44-/m0/s1. The number of unbranched alkanes of at least 4 members (excludes halogenated alkanes) is 6. The number of likely N-dealkylation sites (N-methyl/N-ethyl adjacent to an activating group) is 1. The third-order valence-electron chi connectivity index (χ3n) is 10.1. The molecule has 1 unspecified atom stereocenters. The highest BCUT2D eigenvalue weighted by atomic mass is 16.6. The fourth-order valence-corrected chi connectivity index (χ4v) is 6.76. The normalized spacial score (nSPS) is 14.9. The van der Waals surface area contributed by atoms with Gasteiger partial charge in [0.25, 0.3) is 5.91 Å². The van der Waals surface area contributed by atoms with E-state index in [2.05, 4.69) is 13.2 Å². The zero-order valence-electron chi connectivity index (χ0n) is 33.5. The number of esters is 3. The van der Waals surface area contributed by atoms with Crippen molar-refractivity contribution >= 4 is 57.1 Å². The summed E-state index contributed by atoms with van der Waals surface area (Å²) in [4.78, 5) is 76.0. The number of rotatable bonds is 24. The molecule has 2 amide bonds. The SMILES string of the molecule is C=CC(=O)OCCCCCCOc1ccc2cc(C(=O)CCC3C(=O)N(C)C(=O)[C@H]3OC(=O)c3ccc4cc(OCCCCCCOC(=O)C=C)ccc4c3)ccc2c1. The molecule has 1 fully saturated rings. The summed E-state index contributed by atoms with van der Waals surface area (Å²) in [6.45, 7) is 8.57. The Labute approximate surface area is 344 Å². The molecule has 2 atom stereocenters. The van der Waals surface area contributed by atoms with Gasteiger partial charge in [0.15, 0.2) is 11.9 Å². The van der Waals surface area contributed by atoms with Crippen LogP contribution in [0.15, 0.2) is 98.1 Å². The molecule has 0 bridgehead atoms. The lowest BCUT2D eigenvalue weighted by atomic mass is 9.94. The van der Waals surface area contributed by atoms with E-state index in [4.69, 9.17) is 23.7 Å². The van der Waals surface area contributed by atoms with Gasteiger partial charge in [0, 0.05) is 31.2 Å². The van der Waals surface area contributed by atoms with Crippen LogP contribution in [0.3, 0.4) is 0 Å². The van der Waals surface area contributed by atoms with Crippen LogP contribution in [-0.4, -0.2) is 80.0 Å². The molecule has 0 radical (unpaired) electrons. The largest absolute Gasteiger partial charge is 0.494 e. The lowest BCUT2D eigenvalue weighted by molar-refractivity contribution is -0.140. The topological polar surface area (TPSA) is 152 Å². The smallest absolute Gasteiger partial charge is 0.338 e. The Morgan fingerprint density at radius 1 is 0.593 bits per heavy atom. The van der Waals surface area contributed by atoms with Crippen LogP contribution < -0.4 is 9.47 Å². The van der Waals surface area contributed by atoms with Crippen molar-refractivity contribution in [2.75, 3.05) is 33.5 Å². The van der Waals surface area contributed by atoms with Crippen LogP contribution >= 0.6 is 0 Å². The van der Waals surface area contributed by atoms with E-state index in [-0.39, 0.29) is 24.2 Å². The van der Waals surface area contributed by atoms with Gasteiger partial charge in [0.05, 0.1) is 37.9 Å². The summed E-state index contributed by atoms with van der Waals surface area (Å²) in [7, 11) is 1.35. The molecule has 310 valence electrons. The third-order valence-corrected chi connectivity index (χ3v) is 10.1. The first-order valence-corrected chi connectivity index (χ1v) is 20.0. The van der Waals surface area contributed by atoms with E-state index >= 15 is 0 Å². The minimum atomic E-state index is -1.35. The first-order chi connectivity index (χ1) is 28.6. The van der Waals surface area contributed by atoms with Gasteiger partial charge >= 0.3 is 17.9 Å². The zero-order valence-corrected chi connectivity index (χ0v) is 33.5. The summed E-state index contributed by atoms with van der Waals surface area (Å²) in [6.07, 6.45) is 7.92. The number of carbonyl (C=O) groups excluding carboxylic acids is 6. The number of carbonyl (C=O) groups is 6. The molecule has 0 aliphatic carbocycles. The second-order valence-electron chi connectivity index (χ2n) is 14.3. The summed E-state index contributed by atoms with van der Waals surface area (Å²) >= 11 is 0. The molecule has 0 N–H and O–H groups in total. The van der Waals surface area contributed by atoms with E-state index in [1.807, 2.05) is 42.5 Å². The number of nitrogens with zero attached hydrogens (tertiary/aromatic N) is 1. The van der Waals surface area contributed by atoms with Crippen molar-refractivity contribution in [3.05, 3.63) is 109 Å². The van der Waals surface area contributed by atoms with Gasteiger partial charge in [0.1, 0.15) is 11.5 Å². The van der Waals surface area contributed by atoms with E-state index in [1.54, 1.807) is 30.3 Å². The lowest BCUT2D eigenvalue weighted by Crippen LogP contribution is -2.32. The molecule has 12 heteroatoms. The Hall–Kier alpha value is -6.30. The molecule has 0 spiro atoms. The Bertz CT molecular complexity index is 2180. The van der Waals surface area contributed by atoms with Crippen molar-refractivity contribution in [1.29, 1.82) is 0 Å². The van der Waals surface area contributed by atoms with Crippen molar-refractivity contribution in [2.24, 2.45) is 5.92 Å². The second kappa shape index (κ2) is 22.0. The molecular formula is C47H51NO11. The molecule has 0 saturated carbocycles. The van der Waals surface area contributed by atoms with Crippen molar-refractivity contribution in [1.82, 2.24) is 4.90 Å². The van der Waals surface area contributed by atoms with Gasteiger partial charge in [-0.05, 0) is 122 Å². The monoisotopic (exact) mass is 805 g/mol. The number of benzene rings is 4. The van der Waals surface area contributed by atoms with Crippen LogP contribution in [0.5, 0.6) is 11.5 Å². The van der Waals surface area contributed by atoms with Gasteiger partial charge < -0.3 is 23.7 Å².